The van der Waals surface area contributed by atoms with Gasteiger partial charge in [0.05, 0.1) is 11.3 Å². The van der Waals surface area contributed by atoms with E-state index in [1.165, 1.54) is 0 Å². The van der Waals surface area contributed by atoms with Crippen molar-refractivity contribution in [1.29, 1.82) is 0 Å². The number of benzene rings is 1. The van der Waals surface area contributed by atoms with Crippen LogP contribution in [0.3, 0.4) is 0 Å². The zero-order valence-electron chi connectivity index (χ0n) is 15.1. The maximum atomic E-state index is 12.0. The highest BCUT2D eigenvalue weighted by Gasteiger charge is 2.34. The van der Waals surface area contributed by atoms with E-state index in [2.05, 4.69) is 21.2 Å². The molecule has 1 aromatic carbocycles. The highest BCUT2D eigenvalue weighted by molar-refractivity contribution is 9.10. The summed E-state index contributed by atoms with van der Waals surface area (Å²) in [6.45, 7) is 8.80. The number of aromatic carboxylic acids is 1. The van der Waals surface area contributed by atoms with Crippen LogP contribution < -0.4 is 10.2 Å². The van der Waals surface area contributed by atoms with Crippen LogP contribution in [0.25, 0.3) is 0 Å². The molecule has 0 spiro atoms. The molecule has 0 aromatic heterocycles. The number of piperidine rings is 1. The topological polar surface area (TPSA) is 78.9 Å². The number of carbonyl (C=O) groups is 2. The predicted octanol–water partition coefficient (Wildman–Crippen LogP) is 4.03. The number of rotatable bonds is 3. The van der Waals surface area contributed by atoms with Crippen LogP contribution in [0, 0.1) is 0 Å². The molecule has 0 saturated carbocycles. The predicted molar refractivity (Wildman–Crippen MR) is 100 cm³/mol. The zero-order valence-corrected chi connectivity index (χ0v) is 16.6. The Morgan fingerprint density at radius 3 is 2.40 bits per heavy atom. The number of ether oxygens (including phenoxy) is 1. The van der Waals surface area contributed by atoms with Crippen molar-refractivity contribution in [3.05, 3.63) is 28.2 Å². The van der Waals surface area contributed by atoms with E-state index in [4.69, 9.17) is 4.74 Å². The van der Waals surface area contributed by atoms with Gasteiger partial charge in [-0.25, -0.2) is 9.59 Å². The number of nitrogens with zero attached hydrogens (tertiary/aromatic N) is 1. The van der Waals surface area contributed by atoms with Gasteiger partial charge in [-0.2, -0.15) is 0 Å². The summed E-state index contributed by atoms with van der Waals surface area (Å²) < 4.78 is 6.18. The Bertz CT molecular complexity index is 662. The van der Waals surface area contributed by atoms with E-state index in [0.717, 1.165) is 4.47 Å². The van der Waals surface area contributed by atoms with Crippen molar-refractivity contribution in [2.24, 2.45) is 0 Å². The lowest BCUT2D eigenvalue weighted by atomic mass is 9.89. The smallest absolute Gasteiger partial charge is 0.408 e. The number of carbonyl (C=O) groups excluding carboxylic acids is 1. The number of carboxylic acids is 1. The molecule has 2 rings (SSSR count). The second-order valence-corrected chi connectivity index (χ2v) is 8.56. The van der Waals surface area contributed by atoms with Crippen LogP contribution in [0.15, 0.2) is 22.7 Å². The van der Waals surface area contributed by atoms with Crippen LogP contribution in [-0.2, 0) is 4.74 Å². The van der Waals surface area contributed by atoms with Crippen molar-refractivity contribution in [1.82, 2.24) is 5.32 Å². The lowest BCUT2D eigenvalue weighted by molar-refractivity contribution is 0.0448. The number of halogens is 1. The van der Waals surface area contributed by atoms with E-state index in [0.29, 0.717) is 31.6 Å². The molecule has 1 fully saturated rings. The second kappa shape index (κ2) is 7.23. The van der Waals surface area contributed by atoms with Crippen LogP contribution in [0.4, 0.5) is 10.5 Å². The van der Waals surface area contributed by atoms with E-state index >= 15 is 0 Å². The Balaban J connectivity index is 2.05. The highest BCUT2D eigenvalue weighted by Crippen LogP contribution is 2.31. The minimum absolute atomic E-state index is 0.284. The first kappa shape index (κ1) is 19.6. The summed E-state index contributed by atoms with van der Waals surface area (Å²) >= 11 is 3.40. The number of amides is 1. The summed E-state index contributed by atoms with van der Waals surface area (Å²) in [6, 6.07) is 5.16. The van der Waals surface area contributed by atoms with Crippen molar-refractivity contribution in [2.75, 3.05) is 18.0 Å². The SMILES string of the molecule is CC1(NC(=O)OC(C)(C)C)CCN(c2cc(Br)ccc2C(=O)O)CC1. The zero-order chi connectivity index (χ0) is 18.8. The Hall–Kier alpha value is -1.76. The molecule has 0 aliphatic carbocycles. The summed E-state index contributed by atoms with van der Waals surface area (Å²) in [5, 5.41) is 12.4. The summed E-state index contributed by atoms with van der Waals surface area (Å²) in [5.74, 6) is -0.942. The Kier molecular flexibility index (Phi) is 5.66. The van der Waals surface area contributed by atoms with Gasteiger partial charge in [-0.15, -0.1) is 0 Å². The van der Waals surface area contributed by atoms with Crippen LogP contribution in [0.5, 0.6) is 0 Å². The van der Waals surface area contributed by atoms with Crippen LogP contribution >= 0.6 is 15.9 Å². The normalized spacial score (nSPS) is 17.1. The number of carboxylic acid groups (broad SMARTS) is 1. The summed E-state index contributed by atoms with van der Waals surface area (Å²) in [5.41, 5.74) is 0.0790. The summed E-state index contributed by atoms with van der Waals surface area (Å²) in [7, 11) is 0. The number of nitrogens with one attached hydrogen (secondary N) is 1. The van der Waals surface area contributed by atoms with E-state index in [9.17, 15) is 14.7 Å². The van der Waals surface area contributed by atoms with Gasteiger partial charge in [-0.1, -0.05) is 15.9 Å². The molecule has 1 amide bonds. The first-order valence-corrected chi connectivity index (χ1v) is 9.07. The van der Waals surface area contributed by atoms with E-state index in [1.54, 1.807) is 12.1 Å². The molecule has 1 aliphatic rings. The van der Waals surface area contributed by atoms with Gasteiger partial charge in [0.1, 0.15) is 5.60 Å². The number of hydrogen-bond donors (Lipinski definition) is 2. The third kappa shape index (κ3) is 5.36. The van der Waals surface area contributed by atoms with Crippen molar-refractivity contribution in [3.8, 4) is 0 Å². The monoisotopic (exact) mass is 412 g/mol. The first-order chi connectivity index (χ1) is 11.5. The third-order valence-electron chi connectivity index (χ3n) is 4.20. The Labute approximate surface area is 156 Å². The quantitative estimate of drug-likeness (QED) is 0.782. The van der Waals surface area contributed by atoms with Crippen molar-refractivity contribution >= 4 is 33.7 Å². The lowest BCUT2D eigenvalue weighted by Gasteiger charge is -2.41. The first-order valence-electron chi connectivity index (χ1n) is 8.28. The highest BCUT2D eigenvalue weighted by atomic mass is 79.9. The fraction of sp³-hybridized carbons (Fsp3) is 0.556. The average molecular weight is 413 g/mol. The van der Waals surface area contributed by atoms with Gasteiger partial charge >= 0.3 is 12.1 Å². The number of hydrogen-bond acceptors (Lipinski definition) is 4. The van der Waals surface area contributed by atoms with Crippen molar-refractivity contribution < 1.29 is 19.4 Å². The number of alkyl carbamates (subject to hydrolysis) is 1. The van der Waals surface area contributed by atoms with E-state index in [1.807, 2.05) is 38.7 Å². The van der Waals surface area contributed by atoms with E-state index in [-0.39, 0.29) is 11.1 Å². The molecule has 1 aliphatic heterocycles. The van der Waals surface area contributed by atoms with Gasteiger partial charge in [-0.05, 0) is 58.7 Å². The fourth-order valence-electron chi connectivity index (χ4n) is 2.86. The Morgan fingerprint density at radius 1 is 1.28 bits per heavy atom. The summed E-state index contributed by atoms with van der Waals surface area (Å²) in [6.07, 6.45) is 0.993. The molecule has 7 heteroatoms. The average Bonchev–Trinajstić information content (AvgIpc) is 2.45. The van der Waals surface area contributed by atoms with Crippen LogP contribution in [0.1, 0.15) is 50.9 Å². The molecule has 6 nitrogen and oxygen atoms in total. The second-order valence-electron chi connectivity index (χ2n) is 7.64. The van der Waals surface area contributed by atoms with Gasteiger partial charge in [0.25, 0.3) is 0 Å². The molecule has 1 heterocycles. The standard InChI is InChI=1S/C18H25BrN2O4/c1-17(2,3)25-16(24)20-18(4)7-9-21(10-8-18)14-11-12(19)5-6-13(14)15(22)23/h5-6,11H,7-10H2,1-4H3,(H,20,24)(H,22,23). The minimum Gasteiger partial charge on any atom is -0.478 e. The van der Waals surface area contributed by atoms with E-state index < -0.39 is 17.7 Å². The molecule has 0 bridgehead atoms. The Morgan fingerprint density at radius 2 is 1.88 bits per heavy atom. The molecule has 1 saturated heterocycles. The molecular weight excluding hydrogens is 388 g/mol. The van der Waals surface area contributed by atoms with Gasteiger partial charge < -0.3 is 20.1 Å². The maximum absolute atomic E-state index is 12.0. The summed E-state index contributed by atoms with van der Waals surface area (Å²) in [4.78, 5) is 25.6. The molecule has 2 N–H and O–H groups in total. The molecule has 25 heavy (non-hydrogen) atoms. The third-order valence-corrected chi connectivity index (χ3v) is 4.69. The largest absolute Gasteiger partial charge is 0.478 e. The molecule has 0 radical (unpaired) electrons. The van der Waals surface area contributed by atoms with Gasteiger partial charge in [0, 0.05) is 23.1 Å². The van der Waals surface area contributed by atoms with Crippen molar-refractivity contribution in [3.63, 3.8) is 0 Å². The molecular formula is C18H25BrN2O4. The lowest BCUT2D eigenvalue weighted by Crippen LogP contribution is -2.54. The van der Waals surface area contributed by atoms with Gasteiger partial charge in [0.15, 0.2) is 0 Å². The minimum atomic E-state index is -0.942. The van der Waals surface area contributed by atoms with Crippen molar-refractivity contribution in [2.45, 2.75) is 51.7 Å². The van der Waals surface area contributed by atoms with Crippen LogP contribution in [-0.4, -0.2) is 41.4 Å². The maximum Gasteiger partial charge on any atom is 0.408 e. The van der Waals surface area contributed by atoms with Gasteiger partial charge in [-0.3, -0.25) is 0 Å². The molecule has 0 unspecified atom stereocenters. The molecule has 1 aromatic rings. The van der Waals surface area contributed by atoms with Gasteiger partial charge in [0.2, 0.25) is 0 Å². The number of anilines is 1. The molecule has 138 valence electrons. The van der Waals surface area contributed by atoms with Crippen LogP contribution in [0.2, 0.25) is 0 Å². The molecule has 0 atom stereocenters. The fourth-order valence-corrected chi connectivity index (χ4v) is 3.21.